The van der Waals surface area contributed by atoms with Gasteiger partial charge in [0.25, 0.3) is 0 Å². The molecular weight excluding hydrogens is 206 g/mol. The largest absolute Gasteiger partial charge is 0.468 e. The zero-order chi connectivity index (χ0) is 11.8. The van der Waals surface area contributed by atoms with Crippen molar-refractivity contribution < 1.29 is 14.3 Å². The van der Waals surface area contributed by atoms with E-state index >= 15 is 0 Å². The SMILES string of the molecule is COCOc1ccc(CC(C)NC=O)cc1. The Kier molecular flexibility index (Phi) is 5.36. The van der Waals surface area contributed by atoms with Crippen molar-refractivity contribution in [1.29, 1.82) is 0 Å². The van der Waals surface area contributed by atoms with Crippen LogP contribution in [0.25, 0.3) is 0 Å². The lowest BCUT2D eigenvalue weighted by Crippen LogP contribution is -2.26. The van der Waals surface area contributed by atoms with Crippen molar-refractivity contribution in [3.8, 4) is 5.75 Å². The van der Waals surface area contributed by atoms with Gasteiger partial charge in [-0.2, -0.15) is 0 Å². The number of amides is 1. The fourth-order valence-electron chi connectivity index (χ4n) is 1.38. The first kappa shape index (κ1) is 12.5. The average Bonchev–Trinajstić information content (AvgIpc) is 2.28. The second-order valence-corrected chi connectivity index (χ2v) is 3.58. The molecule has 1 atom stereocenters. The van der Waals surface area contributed by atoms with Crippen LogP contribution in [0.4, 0.5) is 0 Å². The third kappa shape index (κ3) is 4.31. The highest BCUT2D eigenvalue weighted by Crippen LogP contribution is 2.13. The molecule has 88 valence electrons. The van der Waals surface area contributed by atoms with Crippen molar-refractivity contribution in [3.63, 3.8) is 0 Å². The quantitative estimate of drug-likeness (QED) is 0.560. The fraction of sp³-hybridized carbons (Fsp3) is 0.417. The number of hydrogen-bond donors (Lipinski definition) is 1. The maximum Gasteiger partial charge on any atom is 0.207 e. The van der Waals surface area contributed by atoms with Gasteiger partial charge >= 0.3 is 0 Å². The van der Waals surface area contributed by atoms with E-state index in [2.05, 4.69) is 5.32 Å². The van der Waals surface area contributed by atoms with E-state index in [4.69, 9.17) is 9.47 Å². The van der Waals surface area contributed by atoms with E-state index < -0.39 is 0 Å². The normalized spacial score (nSPS) is 11.9. The summed E-state index contributed by atoms with van der Waals surface area (Å²) in [6.45, 7) is 2.21. The van der Waals surface area contributed by atoms with Crippen LogP contribution in [0.5, 0.6) is 5.75 Å². The number of benzene rings is 1. The van der Waals surface area contributed by atoms with Crippen LogP contribution in [0.2, 0.25) is 0 Å². The molecule has 1 aromatic carbocycles. The lowest BCUT2D eigenvalue weighted by molar-refractivity contribution is -0.110. The van der Waals surface area contributed by atoms with Crippen LogP contribution in [0.1, 0.15) is 12.5 Å². The van der Waals surface area contributed by atoms with Crippen molar-refractivity contribution in [3.05, 3.63) is 29.8 Å². The molecule has 0 saturated carbocycles. The summed E-state index contributed by atoms with van der Waals surface area (Å²) < 4.78 is 10.1. The smallest absolute Gasteiger partial charge is 0.207 e. The Bertz CT molecular complexity index is 311. The standard InChI is InChI=1S/C12H17NO3/c1-10(13-8-14)7-11-3-5-12(6-4-11)16-9-15-2/h3-6,8,10H,7,9H2,1-2H3,(H,13,14). The highest BCUT2D eigenvalue weighted by atomic mass is 16.7. The predicted octanol–water partition coefficient (Wildman–Crippen LogP) is 1.35. The molecule has 1 N–H and O–H groups in total. The summed E-state index contributed by atoms with van der Waals surface area (Å²) in [5, 5.41) is 2.71. The minimum atomic E-state index is 0.142. The van der Waals surface area contributed by atoms with Crippen LogP contribution in [0, 0.1) is 0 Å². The van der Waals surface area contributed by atoms with E-state index in [0.29, 0.717) is 0 Å². The van der Waals surface area contributed by atoms with Crippen molar-refractivity contribution >= 4 is 6.41 Å². The zero-order valence-electron chi connectivity index (χ0n) is 9.60. The number of carbonyl (C=O) groups is 1. The molecule has 0 spiro atoms. The molecular formula is C12H17NO3. The summed E-state index contributed by atoms with van der Waals surface area (Å²) in [6, 6.07) is 7.88. The van der Waals surface area contributed by atoms with Crippen molar-refractivity contribution in [2.75, 3.05) is 13.9 Å². The van der Waals surface area contributed by atoms with Crippen molar-refractivity contribution in [2.24, 2.45) is 0 Å². The molecule has 16 heavy (non-hydrogen) atoms. The molecule has 0 aliphatic heterocycles. The molecule has 0 aliphatic carbocycles. The lowest BCUT2D eigenvalue weighted by Gasteiger charge is -2.10. The molecule has 0 fully saturated rings. The molecule has 0 aliphatic rings. The van der Waals surface area contributed by atoms with Gasteiger partial charge < -0.3 is 14.8 Å². The molecule has 0 bridgehead atoms. The van der Waals surface area contributed by atoms with Crippen LogP contribution in [0.3, 0.4) is 0 Å². The number of methoxy groups -OCH3 is 1. The topological polar surface area (TPSA) is 47.6 Å². The van der Waals surface area contributed by atoms with E-state index in [9.17, 15) is 4.79 Å². The summed E-state index contributed by atoms with van der Waals surface area (Å²) >= 11 is 0. The Labute approximate surface area is 95.6 Å². The van der Waals surface area contributed by atoms with E-state index in [1.807, 2.05) is 31.2 Å². The summed E-state index contributed by atoms with van der Waals surface area (Å²) in [7, 11) is 1.58. The van der Waals surface area contributed by atoms with Gasteiger partial charge in [0.05, 0.1) is 0 Å². The van der Waals surface area contributed by atoms with E-state index in [1.165, 1.54) is 0 Å². The molecule has 4 nitrogen and oxygen atoms in total. The van der Waals surface area contributed by atoms with E-state index in [1.54, 1.807) is 7.11 Å². The first-order valence-electron chi connectivity index (χ1n) is 5.16. The third-order valence-corrected chi connectivity index (χ3v) is 2.16. The zero-order valence-corrected chi connectivity index (χ0v) is 9.60. The maximum absolute atomic E-state index is 10.2. The van der Waals surface area contributed by atoms with Gasteiger partial charge in [0.1, 0.15) is 5.75 Å². The summed E-state index contributed by atoms with van der Waals surface area (Å²) in [5.74, 6) is 0.779. The van der Waals surface area contributed by atoms with Gasteiger partial charge in [0.15, 0.2) is 6.79 Å². The Balaban J connectivity index is 2.47. The monoisotopic (exact) mass is 223 g/mol. The molecule has 4 heteroatoms. The summed E-state index contributed by atoms with van der Waals surface area (Å²) in [4.78, 5) is 10.2. The highest BCUT2D eigenvalue weighted by molar-refractivity contribution is 5.46. The van der Waals surface area contributed by atoms with Gasteiger partial charge in [-0.15, -0.1) is 0 Å². The van der Waals surface area contributed by atoms with Crippen LogP contribution < -0.4 is 10.1 Å². The van der Waals surface area contributed by atoms with Crippen molar-refractivity contribution in [2.45, 2.75) is 19.4 Å². The predicted molar refractivity (Wildman–Crippen MR) is 61.3 cm³/mol. The average molecular weight is 223 g/mol. The van der Waals surface area contributed by atoms with Crippen LogP contribution in [-0.4, -0.2) is 26.4 Å². The molecule has 0 aromatic heterocycles. The third-order valence-electron chi connectivity index (χ3n) is 2.16. The minimum Gasteiger partial charge on any atom is -0.468 e. The highest BCUT2D eigenvalue weighted by Gasteiger charge is 2.01. The van der Waals surface area contributed by atoms with Gasteiger partial charge in [-0.05, 0) is 31.0 Å². The second-order valence-electron chi connectivity index (χ2n) is 3.58. The molecule has 1 rings (SSSR count). The lowest BCUT2D eigenvalue weighted by atomic mass is 10.1. The molecule has 0 saturated heterocycles. The van der Waals surface area contributed by atoms with Gasteiger partial charge in [0, 0.05) is 13.2 Å². The Morgan fingerprint density at radius 3 is 2.62 bits per heavy atom. The molecule has 1 aromatic rings. The Hall–Kier alpha value is -1.55. The molecule has 1 amide bonds. The molecule has 1 unspecified atom stereocenters. The first-order valence-corrected chi connectivity index (χ1v) is 5.16. The Morgan fingerprint density at radius 1 is 1.38 bits per heavy atom. The summed E-state index contributed by atoms with van der Waals surface area (Å²) in [5.41, 5.74) is 1.16. The minimum absolute atomic E-state index is 0.142. The number of nitrogens with one attached hydrogen (secondary N) is 1. The van der Waals surface area contributed by atoms with Crippen LogP contribution in [-0.2, 0) is 16.0 Å². The number of ether oxygens (including phenoxy) is 2. The maximum atomic E-state index is 10.2. The van der Waals surface area contributed by atoms with Gasteiger partial charge in [-0.3, -0.25) is 4.79 Å². The Morgan fingerprint density at radius 2 is 2.06 bits per heavy atom. The number of rotatable bonds is 7. The van der Waals surface area contributed by atoms with Gasteiger partial charge in [-0.25, -0.2) is 0 Å². The van der Waals surface area contributed by atoms with Gasteiger partial charge in [-0.1, -0.05) is 12.1 Å². The van der Waals surface area contributed by atoms with Crippen LogP contribution in [0.15, 0.2) is 24.3 Å². The number of hydrogen-bond acceptors (Lipinski definition) is 3. The second kappa shape index (κ2) is 6.85. The van der Waals surface area contributed by atoms with Crippen molar-refractivity contribution in [1.82, 2.24) is 5.32 Å². The fourth-order valence-corrected chi connectivity index (χ4v) is 1.38. The molecule has 0 radical (unpaired) electrons. The van der Waals surface area contributed by atoms with E-state index in [0.717, 1.165) is 24.1 Å². The van der Waals surface area contributed by atoms with Crippen LogP contribution >= 0.6 is 0 Å². The summed E-state index contributed by atoms with van der Waals surface area (Å²) in [6.07, 6.45) is 1.53. The molecule has 0 heterocycles. The van der Waals surface area contributed by atoms with E-state index in [-0.39, 0.29) is 12.8 Å². The van der Waals surface area contributed by atoms with Gasteiger partial charge in [0.2, 0.25) is 6.41 Å². The number of carbonyl (C=O) groups excluding carboxylic acids is 1. The first-order chi connectivity index (χ1) is 7.76.